The quantitative estimate of drug-likeness (QED) is 0.644. The van der Waals surface area contributed by atoms with Gasteiger partial charge in [-0.05, 0) is 49.3 Å². The van der Waals surface area contributed by atoms with Crippen molar-refractivity contribution in [1.82, 2.24) is 0 Å². The summed E-state index contributed by atoms with van der Waals surface area (Å²) < 4.78 is 0. The molecule has 0 spiro atoms. The highest BCUT2D eigenvalue weighted by Gasteiger charge is 2.15. The second-order valence-electron chi connectivity index (χ2n) is 4.10. The molecule has 0 unspecified atom stereocenters. The smallest absolute Gasteiger partial charge is 0.0196 e. The van der Waals surface area contributed by atoms with Gasteiger partial charge in [-0.25, -0.2) is 0 Å². The van der Waals surface area contributed by atoms with Crippen molar-refractivity contribution in [3.05, 3.63) is 41.0 Å². The van der Waals surface area contributed by atoms with E-state index in [1.807, 2.05) is 0 Å². The summed E-state index contributed by atoms with van der Waals surface area (Å²) in [5, 5.41) is 0. The van der Waals surface area contributed by atoms with Crippen LogP contribution in [0.2, 0.25) is 0 Å². The molecule has 1 aromatic rings. The van der Waals surface area contributed by atoms with E-state index in [2.05, 4.69) is 38.1 Å². The Kier molecular flexibility index (Phi) is 2.72. The molecule has 1 aliphatic rings. The summed E-state index contributed by atoms with van der Waals surface area (Å²) in [5.41, 5.74) is 6.22. The maximum Gasteiger partial charge on any atom is -0.0196 e. The topological polar surface area (TPSA) is 0 Å². The Morgan fingerprint density at radius 1 is 1.14 bits per heavy atom. The van der Waals surface area contributed by atoms with Crippen LogP contribution >= 0.6 is 0 Å². The van der Waals surface area contributed by atoms with E-state index in [1.165, 1.54) is 36.8 Å². The molecule has 14 heavy (non-hydrogen) atoms. The highest BCUT2D eigenvalue weighted by Crippen LogP contribution is 2.36. The predicted octanol–water partition coefficient (Wildman–Crippen LogP) is 4.34. The summed E-state index contributed by atoms with van der Waals surface area (Å²) in [5.74, 6) is 0. The lowest BCUT2D eigenvalue weighted by molar-refractivity contribution is 0.881. The predicted molar refractivity (Wildman–Crippen MR) is 62.2 cm³/mol. The van der Waals surface area contributed by atoms with Crippen LogP contribution in [-0.4, -0.2) is 0 Å². The molecular weight excluding hydrogens is 168 g/mol. The van der Waals surface area contributed by atoms with Crippen molar-refractivity contribution >= 4 is 5.57 Å². The first-order valence-electron chi connectivity index (χ1n) is 5.60. The third-order valence-corrected chi connectivity index (χ3v) is 3.23. The Balaban J connectivity index is 2.44. The van der Waals surface area contributed by atoms with Crippen molar-refractivity contribution in [3.8, 4) is 0 Å². The van der Waals surface area contributed by atoms with Gasteiger partial charge in [-0.2, -0.15) is 0 Å². The molecule has 0 radical (unpaired) electrons. The monoisotopic (exact) mass is 186 g/mol. The molecule has 0 heteroatoms. The zero-order chi connectivity index (χ0) is 9.97. The van der Waals surface area contributed by atoms with Gasteiger partial charge in [0.05, 0.1) is 0 Å². The average Bonchev–Trinajstić information content (AvgIpc) is 2.66. The normalized spacial score (nSPS) is 16.4. The zero-order valence-corrected chi connectivity index (χ0v) is 9.14. The van der Waals surface area contributed by atoms with E-state index in [1.54, 1.807) is 11.1 Å². The second kappa shape index (κ2) is 4.00. The standard InChI is InChI=1S/C14H18/c1-3-12-8-6-10-14(12)13-9-5-4-7-11(13)2/h4-5,7,9H,3,6,8,10H2,1-2H3. The summed E-state index contributed by atoms with van der Waals surface area (Å²) in [6.07, 6.45) is 5.19. The summed E-state index contributed by atoms with van der Waals surface area (Å²) >= 11 is 0. The van der Waals surface area contributed by atoms with Crippen molar-refractivity contribution < 1.29 is 0 Å². The van der Waals surface area contributed by atoms with E-state index in [9.17, 15) is 0 Å². The van der Waals surface area contributed by atoms with Crippen LogP contribution in [0.4, 0.5) is 0 Å². The number of hydrogen-bond acceptors (Lipinski definition) is 0. The van der Waals surface area contributed by atoms with Gasteiger partial charge in [0.25, 0.3) is 0 Å². The molecule has 1 aliphatic carbocycles. The summed E-state index contributed by atoms with van der Waals surface area (Å²) in [4.78, 5) is 0. The minimum Gasteiger partial charge on any atom is -0.0667 e. The fourth-order valence-corrected chi connectivity index (χ4v) is 2.43. The number of allylic oxidation sites excluding steroid dienone is 2. The molecule has 0 bridgehead atoms. The molecule has 0 heterocycles. The van der Waals surface area contributed by atoms with Gasteiger partial charge in [0, 0.05) is 0 Å². The highest BCUT2D eigenvalue weighted by atomic mass is 14.2. The first-order valence-corrected chi connectivity index (χ1v) is 5.60. The summed E-state index contributed by atoms with van der Waals surface area (Å²) in [7, 11) is 0. The van der Waals surface area contributed by atoms with Crippen molar-refractivity contribution in [2.45, 2.75) is 39.5 Å². The fraction of sp³-hybridized carbons (Fsp3) is 0.429. The SMILES string of the molecule is CCC1=C(c2ccccc2C)CCC1. The van der Waals surface area contributed by atoms with Gasteiger partial charge in [-0.3, -0.25) is 0 Å². The molecule has 0 aromatic heterocycles. The molecule has 0 aliphatic heterocycles. The van der Waals surface area contributed by atoms with E-state index in [0.717, 1.165) is 0 Å². The van der Waals surface area contributed by atoms with Crippen LogP contribution in [0.25, 0.3) is 5.57 Å². The van der Waals surface area contributed by atoms with E-state index >= 15 is 0 Å². The first-order chi connectivity index (χ1) is 6.83. The number of hydrogen-bond donors (Lipinski definition) is 0. The van der Waals surface area contributed by atoms with Crippen LogP contribution in [0.3, 0.4) is 0 Å². The molecule has 0 N–H and O–H groups in total. The molecular formula is C14H18. The van der Waals surface area contributed by atoms with Crippen molar-refractivity contribution in [2.75, 3.05) is 0 Å². The molecule has 0 atom stereocenters. The van der Waals surface area contributed by atoms with Crippen molar-refractivity contribution in [3.63, 3.8) is 0 Å². The van der Waals surface area contributed by atoms with Gasteiger partial charge in [0.2, 0.25) is 0 Å². The first kappa shape index (κ1) is 9.51. The Bertz CT molecular complexity index is 358. The lowest BCUT2D eigenvalue weighted by Gasteiger charge is -2.09. The molecule has 0 fully saturated rings. The maximum atomic E-state index is 2.28. The van der Waals surface area contributed by atoms with Crippen LogP contribution in [-0.2, 0) is 0 Å². The summed E-state index contributed by atoms with van der Waals surface area (Å²) in [6.45, 7) is 4.49. The molecule has 0 saturated heterocycles. The minimum atomic E-state index is 1.23. The zero-order valence-electron chi connectivity index (χ0n) is 9.14. The third-order valence-electron chi connectivity index (χ3n) is 3.23. The molecule has 74 valence electrons. The van der Waals surface area contributed by atoms with E-state index in [-0.39, 0.29) is 0 Å². The van der Waals surface area contributed by atoms with Crippen molar-refractivity contribution in [1.29, 1.82) is 0 Å². The van der Waals surface area contributed by atoms with Gasteiger partial charge in [0.1, 0.15) is 0 Å². The lowest BCUT2D eigenvalue weighted by Crippen LogP contribution is -1.88. The fourth-order valence-electron chi connectivity index (χ4n) is 2.43. The van der Waals surface area contributed by atoms with Crippen LogP contribution in [0.15, 0.2) is 29.8 Å². The van der Waals surface area contributed by atoms with E-state index in [4.69, 9.17) is 0 Å². The third kappa shape index (κ3) is 1.61. The molecule has 0 saturated carbocycles. The van der Waals surface area contributed by atoms with Crippen LogP contribution in [0, 0.1) is 6.92 Å². The van der Waals surface area contributed by atoms with Crippen LogP contribution in [0.1, 0.15) is 43.7 Å². The van der Waals surface area contributed by atoms with Gasteiger partial charge < -0.3 is 0 Å². The lowest BCUT2D eigenvalue weighted by atomic mass is 9.97. The Labute approximate surface area is 86.7 Å². The van der Waals surface area contributed by atoms with Crippen molar-refractivity contribution in [2.24, 2.45) is 0 Å². The Morgan fingerprint density at radius 2 is 1.93 bits per heavy atom. The molecule has 0 amide bonds. The van der Waals surface area contributed by atoms with Crippen LogP contribution < -0.4 is 0 Å². The molecule has 1 aromatic carbocycles. The van der Waals surface area contributed by atoms with Gasteiger partial charge >= 0.3 is 0 Å². The molecule has 2 rings (SSSR count). The second-order valence-corrected chi connectivity index (χ2v) is 4.10. The van der Waals surface area contributed by atoms with Crippen LogP contribution in [0.5, 0.6) is 0 Å². The Hall–Kier alpha value is -1.04. The number of aryl methyl sites for hydroxylation is 1. The minimum absolute atomic E-state index is 1.23. The number of benzene rings is 1. The van der Waals surface area contributed by atoms with Gasteiger partial charge in [-0.15, -0.1) is 0 Å². The van der Waals surface area contributed by atoms with Gasteiger partial charge in [0.15, 0.2) is 0 Å². The summed E-state index contributed by atoms with van der Waals surface area (Å²) in [6, 6.07) is 8.76. The van der Waals surface area contributed by atoms with Gasteiger partial charge in [-0.1, -0.05) is 36.8 Å². The Morgan fingerprint density at radius 3 is 2.64 bits per heavy atom. The average molecular weight is 186 g/mol. The maximum absolute atomic E-state index is 2.28. The van der Waals surface area contributed by atoms with E-state index in [0.29, 0.717) is 0 Å². The highest BCUT2D eigenvalue weighted by molar-refractivity contribution is 5.72. The molecule has 0 nitrogen and oxygen atoms in total. The van der Waals surface area contributed by atoms with E-state index < -0.39 is 0 Å². The number of rotatable bonds is 2. The largest absolute Gasteiger partial charge is 0.0667 e.